The molecule has 1 unspecified atom stereocenters. The number of carbonyl (C=O) groups is 1. The van der Waals surface area contributed by atoms with Crippen LogP contribution in [0.15, 0.2) is 18.2 Å². The third-order valence-electron chi connectivity index (χ3n) is 5.21. The number of benzene rings is 1. The number of likely N-dealkylation sites (N-methyl/N-ethyl adjacent to an activating group) is 1. The van der Waals surface area contributed by atoms with Gasteiger partial charge in [0.05, 0.1) is 17.8 Å². The molecular formula is C19H26F2N6O. The second-order valence-corrected chi connectivity index (χ2v) is 7.27. The van der Waals surface area contributed by atoms with Crippen molar-refractivity contribution in [1.82, 2.24) is 30.5 Å². The summed E-state index contributed by atoms with van der Waals surface area (Å²) < 4.78 is 30.1. The topological polar surface area (TPSA) is 75.1 Å². The van der Waals surface area contributed by atoms with Crippen molar-refractivity contribution in [2.24, 2.45) is 0 Å². The van der Waals surface area contributed by atoms with Gasteiger partial charge in [-0.05, 0) is 59.1 Å². The molecule has 1 fully saturated rings. The van der Waals surface area contributed by atoms with Crippen molar-refractivity contribution in [2.75, 3.05) is 33.7 Å². The number of aromatic nitrogens is 3. The Kier molecular flexibility index (Phi) is 6.35. The predicted octanol–water partition coefficient (Wildman–Crippen LogP) is 1.82. The molecule has 28 heavy (non-hydrogen) atoms. The maximum absolute atomic E-state index is 14.2. The van der Waals surface area contributed by atoms with Crippen LogP contribution in [0.25, 0.3) is 0 Å². The van der Waals surface area contributed by atoms with Crippen molar-refractivity contribution in [1.29, 1.82) is 0 Å². The van der Waals surface area contributed by atoms with Gasteiger partial charge < -0.3 is 15.5 Å². The smallest absolute Gasteiger partial charge is 0.273 e. The first-order valence-electron chi connectivity index (χ1n) is 9.41. The van der Waals surface area contributed by atoms with Gasteiger partial charge in [0.2, 0.25) is 0 Å². The molecule has 1 amide bonds. The SMILES string of the molecule is Cc1c(C(=O)NCC(c2c(F)cccc2F)N(C)C)nnn1C1CCNCC1. The molecule has 1 aliphatic heterocycles. The molecule has 1 saturated heterocycles. The average molecular weight is 392 g/mol. The van der Waals surface area contributed by atoms with Crippen LogP contribution < -0.4 is 10.6 Å². The Morgan fingerprint density at radius 1 is 1.32 bits per heavy atom. The molecule has 9 heteroatoms. The standard InChI is InChI=1S/C19H26F2N6O/c1-12-18(24-25-27(12)13-7-9-22-10-8-13)19(28)23-11-16(26(2)3)17-14(20)5-4-6-15(17)21/h4-6,13,16,22H,7-11H2,1-3H3,(H,23,28). The zero-order valence-corrected chi connectivity index (χ0v) is 16.4. The molecule has 0 radical (unpaired) electrons. The number of hydrogen-bond donors (Lipinski definition) is 2. The van der Waals surface area contributed by atoms with Crippen molar-refractivity contribution in [3.63, 3.8) is 0 Å². The molecule has 0 aliphatic carbocycles. The highest BCUT2D eigenvalue weighted by atomic mass is 19.1. The Hall–Kier alpha value is -2.39. The van der Waals surface area contributed by atoms with E-state index in [1.165, 1.54) is 18.2 Å². The highest BCUT2D eigenvalue weighted by Crippen LogP contribution is 2.24. The van der Waals surface area contributed by atoms with Crippen molar-refractivity contribution < 1.29 is 13.6 Å². The maximum Gasteiger partial charge on any atom is 0.273 e. The number of piperidine rings is 1. The van der Waals surface area contributed by atoms with E-state index in [1.807, 2.05) is 6.92 Å². The maximum atomic E-state index is 14.2. The first-order chi connectivity index (χ1) is 13.4. The quantitative estimate of drug-likeness (QED) is 0.785. The Morgan fingerprint density at radius 3 is 2.57 bits per heavy atom. The summed E-state index contributed by atoms with van der Waals surface area (Å²) in [7, 11) is 3.42. The van der Waals surface area contributed by atoms with Crippen LogP contribution in [0.2, 0.25) is 0 Å². The van der Waals surface area contributed by atoms with Gasteiger partial charge in [-0.1, -0.05) is 11.3 Å². The molecule has 0 spiro atoms. The number of carbonyl (C=O) groups excluding carboxylic acids is 1. The molecule has 152 valence electrons. The van der Waals surface area contributed by atoms with E-state index >= 15 is 0 Å². The summed E-state index contributed by atoms with van der Waals surface area (Å²) in [5.74, 6) is -1.68. The van der Waals surface area contributed by atoms with Gasteiger partial charge in [0.15, 0.2) is 5.69 Å². The van der Waals surface area contributed by atoms with E-state index < -0.39 is 23.6 Å². The van der Waals surface area contributed by atoms with Crippen molar-refractivity contribution >= 4 is 5.91 Å². The Morgan fingerprint density at radius 2 is 1.96 bits per heavy atom. The van der Waals surface area contributed by atoms with Gasteiger partial charge >= 0.3 is 0 Å². The lowest BCUT2D eigenvalue weighted by Gasteiger charge is -2.25. The monoisotopic (exact) mass is 392 g/mol. The molecule has 1 atom stereocenters. The zero-order valence-electron chi connectivity index (χ0n) is 16.4. The van der Waals surface area contributed by atoms with E-state index in [0.717, 1.165) is 25.9 Å². The van der Waals surface area contributed by atoms with Crippen LogP contribution in [0, 0.1) is 18.6 Å². The van der Waals surface area contributed by atoms with E-state index in [-0.39, 0.29) is 23.8 Å². The molecule has 0 bridgehead atoms. The highest BCUT2D eigenvalue weighted by Gasteiger charge is 2.26. The summed E-state index contributed by atoms with van der Waals surface area (Å²) in [5.41, 5.74) is 0.871. The van der Waals surface area contributed by atoms with Crippen molar-refractivity contribution in [2.45, 2.75) is 31.8 Å². The van der Waals surface area contributed by atoms with Crippen molar-refractivity contribution in [3.8, 4) is 0 Å². The number of nitrogens with zero attached hydrogens (tertiary/aromatic N) is 4. The van der Waals surface area contributed by atoms with Gasteiger partial charge in [0.1, 0.15) is 11.6 Å². The summed E-state index contributed by atoms with van der Waals surface area (Å²) in [6, 6.07) is 3.32. The van der Waals surface area contributed by atoms with Crippen LogP contribution in [-0.4, -0.2) is 59.5 Å². The summed E-state index contributed by atoms with van der Waals surface area (Å²) in [5, 5.41) is 14.2. The minimum atomic E-state index is -0.648. The lowest BCUT2D eigenvalue weighted by atomic mass is 10.0. The lowest BCUT2D eigenvalue weighted by molar-refractivity contribution is 0.0935. The highest BCUT2D eigenvalue weighted by molar-refractivity contribution is 5.93. The van der Waals surface area contributed by atoms with Gasteiger partial charge in [-0.25, -0.2) is 13.5 Å². The molecule has 1 aromatic carbocycles. The molecule has 1 aromatic heterocycles. The van der Waals surface area contributed by atoms with E-state index in [1.54, 1.807) is 23.7 Å². The van der Waals surface area contributed by atoms with E-state index in [4.69, 9.17) is 0 Å². The van der Waals surface area contributed by atoms with E-state index in [0.29, 0.717) is 5.69 Å². The van der Waals surface area contributed by atoms with E-state index in [2.05, 4.69) is 20.9 Å². The Labute approximate surface area is 163 Å². The normalized spacial score (nSPS) is 16.4. The molecule has 2 N–H and O–H groups in total. The predicted molar refractivity (Wildman–Crippen MR) is 101 cm³/mol. The summed E-state index contributed by atoms with van der Waals surface area (Å²) in [6.07, 6.45) is 1.86. The summed E-state index contributed by atoms with van der Waals surface area (Å²) in [6.45, 7) is 3.68. The molecule has 2 aromatic rings. The van der Waals surface area contributed by atoms with Crippen LogP contribution >= 0.6 is 0 Å². The Bertz CT molecular complexity index is 812. The zero-order chi connectivity index (χ0) is 20.3. The number of halogens is 2. The minimum Gasteiger partial charge on any atom is -0.349 e. The third kappa shape index (κ3) is 4.20. The molecule has 7 nitrogen and oxygen atoms in total. The Balaban J connectivity index is 1.73. The van der Waals surface area contributed by atoms with Crippen LogP contribution in [-0.2, 0) is 0 Å². The van der Waals surface area contributed by atoms with Crippen LogP contribution in [0.3, 0.4) is 0 Å². The van der Waals surface area contributed by atoms with Crippen LogP contribution in [0.4, 0.5) is 8.78 Å². The largest absolute Gasteiger partial charge is 0.349 e. The fraction of sp³-hybridized carbons (Fsp3) is 0.526. The number of hydrogen-bond acceptors (Lipinski definition) is 5. The number of rotatable bonds is 6. The lowest BCUT2D eigenvalue weighted by Crippen LogP contribution is -2.36. The van der Waals surface area contributed by atoms with Crippen molar-refractivity contribution in [3.05, 3.63) is 46.8 Å². The van der Waals surface area contributed by atoms with E-state index in [9.17, 15) is 13.6 Å². The molecule has 3 rings (SSSR count). The van der Waals surface area contributed by atoms with Gasteiger partial charge in [-0.15, -0.1) is 5.10 Å². The molecule has 1 aliphatic rings. The van der Waals surface area contributed by atoms with Gasteiger partial charge in [0.25, 0.3) is 5.91 Å². The van der Waals surface area contributed by atoms with Gasteiger partial charge in [0, 0.05) is 12.1 Å². The fourth-order valence-electron chi connectivity index (χ4n) is 3.59. The molecule has 2 heterocycles. The molecular weight excluding hydrogens is 366 g/mol. The fourth-order valence-corrected chi connectivity index (χ4v) is 3.59. The second kappa shape index (κ2) is 8.74. The summed E-state index contributed by atoms with van der Waals surface area (Å²) >= 11 is 0. The second-order valence-electron chi connectivity index (χ2n) is 7.27. The third-order valence-corrected chi connectivity index (χ3v) is 5.21. The first-order valence-corrected chi connectivity index (χ1v) is 9.41. The minimum absolute atomic E-state index is 0.0450. The molecule has 0 saturated carbocycles. The van der Waals surface area contributed by atoms with Gasteiger partial charge in [-0.2, -0.15) is 0 Å². The van der Waals surface area contributed by atoms with Crippen LogP contribution in [0.1, 0.15) is 46.7 Å². The van der Waals surface area contributed by atoms with Gasteiger partial charge in [-0.3, -0.25) is 4.79 Å². The number of amides is 1. The summed E-state index contributed by atoms with van der Waals surface area (Å²) in [4.78, 5) is 14.3. The first kappa shape index (κ1) is 20.3. The van der Waals surface area contributed by atoms with Crippen LogP contribution in [0.5, 0.6) is 0 Å². The number of nitrogens with one attached hydrogen (secondary N) is 2. The average Bonchev–Trinajstić information content (AvgIpc) is 3.05.